The maximum atomic E-state index is 11.8. The number of hydrogen-bond donors (Lipinski definition) is 0. The van der Waals surface area contributed by atoms with Crippen molar-refractivity contribution in [3.63, 3.8) is 0 Å². The molecular formula is C14H10Cl2N4O2. The van der Waals surface area contributed by atoms with E-state index < -0.39 is 5.97 Å². The predicted octanol–water partition coefficient (Wildman–Crippen LogP) is 3.30. The molecule has 0 fully saturated rings. The van der Waals surface area contributed by atoms with Crippen LogP contribution in [-0.2, 0) is 4.74 Å². The van der Waals surface area contributed by atoms with Crippen LogP contribution in [-0.4, -0.2) is 32.3 Å². The molecule has 0 unspecified atom stereocenters. The van der Waals surface area contributed by atoms with Gasteiger partial charge in [-0.1, -0.05) is 17.7 Å². The quantitative estimate of drug-likeness (QED) is 0.417. The average Bonchev–Trinajstić information content (AvgIpc) is 2.91. The van der Waals surface area contributed by atoms with Crippen LogP contribution in [0, 0.1) is 0 Å². The fraction of sp³-hybridized carbons (Fsp3) is 0.143. The second kappa shape index (κ2) is 5.90. The summed E-state index contributed by atoms with van der Waals surface area (Å²) in [6.07, 6.45) is 1.55. The van der Waals surface area contributed by atoms with Crippen LogP contribution in [0.15, 0.2) is 30.5 Å². The summed E-state index contributed by atoms with van der Waals surface area (Å²) >= 11 is 11.9. The number of ether oxygens (including phenoxy) is 1. The molecule has 2 heterocycles. The summed E-state index contributed by atoms with van der Waals surface area (Å²) in [5.41, 5.74) is 1.53. The Balaban J connectivity index is 2.12. The molecule has 0 saturated heterocycles. The molecule has 3 aromatic rings. The minimum Gasteiger partial charge on any atom is -0.462 e. The number of halogens is 2. The van der Waals surface area contributed by atoms with Gasteiger partial charge in [-0.25, -0.2) is 14.5 Å². The van der Waals surface area contributed by atoms with Gasteiger partial charge in [0.15, 0.2) is 5.65 Å². The second-order valence-electron chi connectivity index (χ2n) is 4.35. The molecule has 0 N–H and O–H groups in total. The minimum atomic E-state index is -0.397. The lowest BCUT2D eigenvalue weighted by molar-refractivity contribution is 0.0526. The molecule has 0 bridgehead atoms. The van der Waals surface area contributed by atoms with Gasteiger partial charge in [0.2, 0.25) is 5.28 Å². The summed E-state index contributed by atoms with van der Waals surface area (Å²) < 4.78 is 6.53. The van der Waals surface area contributed by atoms with Crippen molar-refractivity contribution in [1.82, 2.24) is 19.7 Å². The zero-order valence-electron chi connectivity index (χ0n) is 11.5. The van der Waals surface area contributed by atoms with E-state index in [4.69, 9.17) is 27.9 Å². The molecule has 0 aliphatic heterocycles. The molecule has 0 saturated carbocycles. The maximum Gasteiger partial charge on any atom is 0.338 e. The highest BCUT2D eigenvalue weighted by atomic mass is 35.5. The smallest absolute Gasteiger partial charge is 0.338 e. The zero-order valence-corrected chi connectivity index (χ0v) is 13.0. The molecule has 3 rings (SSSR count). The Kier molecular flexibility index (Phi) is 3.96. The van der Waals surface area contributed by atoms with E-state index in [1.807, 2.05) is 0 Å². The number of hydrogen-bond acceptors (Lipinski definition) is 5. The second-order valence-corrected chi connectivity index (χ2v) is 5.04. The molecule has 1 aromatic carbocycles. The summed E-state index contributed by atoms with van der Waals surface area (Å²) in [4.78, 5) is 19.8. The van der Waals surface area contributed by atoms with Crippen molar-refractivity contribution in [2.45, 2.75) is 6.92 Å². The normalized spacial score (nSPS) is 10.9. The highest BCUT2D eigenvalue weighted by Crippen LogP contribution is 2.24. The molecule has 6 nitrogen and oxygen atoms in total. The fourth-order valence-electron chi connectivity index (χ4n) is 2.02. The largest absolute Gasteiger partial charge is 0.462 e. The van der Waals surface area contributed by atoms with E-state index in [-0.39, 0.29) is 10.4 Å². The first-order valence-electron chi connectivity index (χ1n) is 6.44. The van der Waals surface area contributed by atoms with Crippen molar-refractivity contribution in [3.05, 3.63) is 46.5 Å². The molecule has 0 aliphatic carbocycles. The highest BCUT2D eigenvalue weighted by Gasteiger charge is 2.14. The van der Waals surface area contributed by atoms with Crippen LogP contribution in [0.5, 0.6) is 0 Å². The number of rotatable bonds is 3. The number of carbonyl (C=O) groups is 1. The van der Waals surface area contributed by atoms with Gasteiger partial charge in [-0.3, -0.25) is 0 Å². The van der Waals surface area contributed by atoms with Gasteiger partial charge in [0.1, 0.15) is 5.15 Å². The summed E-state index contributed by atoms with van der Waals surface area (Å²) in [5, 5.41) is 5.06. The van der Waals surface area contributed by atoms with Crippen LogP contribution >= 0.6 is 23.2 Å². The Hall–Kier alpha value is -2.18. The third-order valence-electron chi connectivity index (χ3n) is 2.96. The van der Waals surface area contributed by atoms with Crippen molar-refractivity contribution in [2.24, 2.45) is 0 Å². The lowest BCUT2D eigenvalue weighted by Gasteiger charge is -2.06. The lowest BCUT2D eigenvalue weighted by atomic mass is 10.2. The average molecular weight is 337 g/mol. The van der Waals surface area contributed by atoms with Crippen LogP contribution in [0.25, 0.3) is 16.7 Å². The number of carbonyl (C=O) groups excluding carboxylic acids is 1. The van der Waals surface area contributed by atoms with Gasteiger partial charge < -0.3 is 4.74 Å². The van der Waals surface area contributed by atoms with E-state index in [9.17, 15) is 4.79 Å². The van der Waals surface area contributed by atoms with Gasteiger partial charge in [-0.2, -0.15) is 10.1 Å². The van der Waals surface area contributed by atoms with Gasteiger partial charge in [-0.05, 0) is 36.7 Å². The van der Waals surface area contributed by atoms with E-state index in [0.29, 0.717) is 28.9 Å². The Labute approximate surface area is 135 Å². The molecule has 8 heteroatoms. The van der Waals surface area contributed by atoms with E-state index in [1.165, 1.54) is 4.68 Å². The summed E-state index contributed by atoms with van der Waals surface area (Å²) in [6, 6.07) is 6.86. The monoisotopic (exact) mass is 336 g/mol. The first-order valence-corrected chi connectivity index (χ1v) is 7.20. The molecule has 2 aromatic heterocycles. The fourth-order valence-corrected chi connectivity index (χ4v) is 2.44. The molecule has 112 valence electrons. The van der Waals surface area contributed by atoms with Crippen LogP contribution in [0.1, 0.15) is 17.3 Å². The lowest BCUT2D eigenvalue weighted by Crippen LogP contribution is -2.06. The molecule has 22 heavy (non-hydrogen) atoms. The number of benzene rings is 1. The highest BCUT2D eigenvalue weighted by molar-refractivity contribution is 6.35. The summed E-state index contributed by atoms with van der Waals surface area (Å²) in [6.45, 7) is 2.07. The molecule has 0 radical (unpaired) electrons. The van der Waals surface area contributed by atoms with E-state index in [1.54, 1.807) is 37.4 Å². The standard InChI is InChI=1S/C14H10Cl2N4O2/c1-2-22-13(21)8-4-3-5-9(6-8)20-12-10(7-17-20)11(15)18-14(16)19-12/h3-7H,2H2,1H3. The van der Waals surface area contributed by atoms with Crippen molar-refractivity contribution >= 4 is 40.2 Å². The van der Waals surface area contributed by atoms with Crippen LogP contribution < -0.4 is 0 Å². The van der Waals surface area contributed by atoms with E-state index >= 15 is 0 Å². The van der Waals surface area contributed by atoms with Crippen molar-refractivity contribution in [1.29, 1.82) is 0 Å². The van der Waals surface area contributed by atoms with Gasteiger partial charge in [0.05, 0.1) is 29.4 Å². The number of fused-ring (bicyclic) bond motifs is 1. The first-order chi connectivity index (χ1) is 10.6. The number of aromatic nitrogens is 4. The first kappa shape index (κ1) is 14.7. The van der Waals surface area contributed by atoms with Crippen LogP contribution in [0.3, 0.4) is 0 Å². The Morgan fingerprint density at radius 3 is 2.91 bits per heavy atom. The molecule has 0 amide bonds. The molecule has 0 atom stereocenters. The topological polar surface area (TPSA) is 69.9 Å². The number of nitrogens with zero attached hydrogens (tertiary/aromatic N) is 4. The SMILES string of the molecule is CCOC(=O)c1cccc(-n2ncc3c(Cl)nc(Cl)nc32)c1. The molecular weight excluding hydrogens is 327 g/mol. The van der Waals surface area contributed by atoms with Crippen molar-refractivity contribution < 1.29 is 9.53 Å². The van der Waals surface area contributed by atoms with Crippen molar-refractivity contribution in [3.8, 4) is 5.69 Å². The van der Waals surface area contributed by atoms with Crippen LogP contribution in [0.2, 0.25) is 10.4 Å². The Bertz CT molecular complexity index is 863. The number of esters is 1. The zero-order chi connectivity index (χ0) is 15.7. The summed E-state index contributed by atoms with van der Waals surface area (Å²) in [7, 11) is 0. The third-order valence-corrected chi connectivity index (χ3v) is 3.41. The van der Waals surface area contributed by atoms with Crippen LogP contribution in [0.4, 0.5) is 0 Å². The van der Waals surface area contributed by atoms with Gasteiger partial charge >= 0.3 is 5.97 Å². The summed E-state index contributed by atoms with van der Waals surface area (Å²) in [5.74, 6) is -0.397. The van der Waals surface area contributed by atoms with Gasteiger partial charge in [0, 0.05) is 0 Å². The predicted molar refractivity (Wildman–Crippen MR) is 82.6 cm³/mol. The van der Waals surface area contributed by atoms with Crippen molar-refractivity contribution in [2.75, 3.05) is 6.61 Å². The molecule has 0 spiro atoms. The Morgan fingerprint density at radius 2 is 2.14 bits per heavy atom. The molecule has 0 aliphatic rings. The van der Waals surface area contributed by atoms with E-state index in [2.05, 4.69) is 15.1 Å². The van der Waals surface area contributed by atoms with Gasteiger partial charge in [-0.15, -0.1) is 0 Å². The minimum absolute atomic E-state index is 0.0285. The maximum absolute atomic E-state index is 11.8. The van der Waals surface area contributed by atoms with E-state index in [0.717, 1.165) is 0 Å². The Morgan fingerprint density at radius 1 is 1.32 bits per heavy atom. The third kappa shape index (κ3) is 2.63. The van der Waals surface area contributed by atoms with Gasteiger partial charge in [0.25, 0.3) is 0 Å².